The lowest BCUT2D eigenvalue weighted by molar-refractivity contribution is -0.150. The van der Waals surface area contributed by atoms with E-state index in [1.807, 2.05) is 0 Å². The fourth-order valence-electron chi connectivity index (χ4n) is 1.97. The monoisotopic (exact) mass is 272 g/mol. The highest BCUT2D eigenvalue weighted by molar-refractivity contribution is 5.81. The van der Waals surface area contributed by atoms with Crippen molar-refractivity contribution in [2.24, 2.45) is 5.41 Å². The second-order valence-corrected chi connectivity index (χ2v) is 5.07. The summed E-state index contributed by atoms with van der Waals surface area (Å²) in [6, 6.07) is -0.280. The van der Waals surface area contributed by atoms with Gasteiger partial charge in [0.1, 0.15) is 6.54 Å². The maximum Gasteiger partial charge on any atom is 0.325 e. The second-order valence-electron chi connectivity index (χ2n) is 5.07. The van der Waals surface area contributed by atoms with E-state index in [2.05, 4.69) is 4.74 Å². The highest BCUT2D eigenvalue weighted by Crippen LogP contribution is 2.31. The molecule has 0 bridgehead atoms. The third kappa shape index (κ3) is 3.59. The van der Waals surface area contributed by atoms with Gasteiger partial charge in [-0.1, -0.05) is 0 Å². The Labute approximate surface area is 112 Å². The number of carboxylic acid groups (broad SMARTS) is 1. The van der Waals surface area contributed by atoms with Crippen molar-refractivity contribution in [1.29, 1.82) is 0 Å². The zero-order valence-electron chi connectivity index (χ0n) is 11.5. The van der Waals surface area contributed by atoms with Crippen LogP contribution in [-0.2, 0) is 14.3 Å². The molecule has 2 amide bonds. The van der Waals surface area contributed by atoms with E-state index >= 15 is 0 Å². The number of piperidine rings is 1. The summed E-state index contributed by atoms with van der Waals surface area (Å²) in [4.78, 5) is 37.0. The number of carbonyl (C=O) groups is 3. The van der Waals surface area contributed by atoms with Gasteiger partial charge in [0.05, 0.1) is 12.5 Å². The molecule has 0 saturated carbocycles. The van der Waals surface area contributed by atoms with Crippen molar-refractivity contribution in [3.63, 3.8) is 0 Å². The van der Waals surface area contributed by atoms with Crippen LogP contribution >= 0.6 is 0 Å². The van der Waals surface area contributed by atoms with E-state index in [1.165, 1.54) is 19.1 Å². The van der Waals surface area contributed by atoms with Crippen LogP contribution in [0.25, 0.3) is 0 Å². The Balaban J connectivity index is 2.53. The lowest BCUT2D eigenvalue weighted by Crippen LogP contribution is -2.50. The standard InChI is InChI=1S/C12H20N2O5/c1-12(10(16)17)4-6-14(7-5-12)11(18)13(2)8-9(15)19-3/h4-8H2,1-3H3,(H,16,17). The number of hydrogen-bond acceptors (Lipinski definition) is 4. The number of likely N-dealkylation sites (N-methyl/N-ethyl adjacent to an activating group) is 1. The normalized spacial score (nSPS) is 17.7. The third-order valence-electron chi connectivity index (χ3n) is 3.57. The molecule has 0 radical (unpaired) electrons. The molecule has 1 heterocycles. The van der Waals surface area contributed by atoms with E-state index in [1.54, 1.807) is 11.8 Å². The summed E-state index contributed by atoms with van der Waals surface area (Å²) in [5, 5.41) is 9.11. The lowest BCUT2D eigenvalue weighted by atomic mass is 9.80. The number of rotatable bonds is 3. The molecule has 19 heavy (non-hydrogen) atoms. The lowest BCUT2D eigenvalue weighted by Gasteiger charge is -2.37. The van der Waals surface area contributed by atoms with Gasteiger partial charge in [-0.2, -0.15) is 0 Å². The summed E-state index contributed by atoms with van der Waals surface area (Å²) >= 11 is 0. The third-order valence-corrected chi connectivity index (χ3v) is 3.57. The average molecular weight is 272 g/mol. The highest BCUT2D eigenvalue weighted by atomic mass is 16.5. The van der Waals surface area contributed by atoms with Gasteiger partial charge in [0, 0.05) is 20.1 Å². The Bertz CT molecular complexity index is 374. The van der Waals surface area contributed by atoms with Crippen LogP contribution in [0.2, 0.25) is 0 Å². The molecule has 108 valence electrons. The molecule has 1 rings (SSSR count). The molecule has 0 aliphatic carbocycles. The fourth-order valence-corrected chi connectivity index (χ4v) is 1.97. The summed E-state index contributed by atoms with van der Waals surface area (Å²) in [5.41, 5.74) is -0.766. The molecule has 1 fully saturated rings. The van der Waals surface area contributed by atoms with E-state index in [9.17, 15) is 14.4 Å². The summed E-state index contributed by atoms with van der Waals surface area (Å²) in [6.45, 7) is 2.34. The number of aliphatic carboxylic acids is 1. The number of urea groups is 1. The number of methoxy groups -OCH3 is 1. The Morgan fingerprint density at radius 3 is 2.26 bits per heavy atom. The van der Waals surface area contributed by atoms with Crippen molar-refractivity contribution < 1.29 is 24.2 Å². The van der Waals surface area contributed by atoms with E-state index < -0.39 is 17.4 Å². The molecule has 0 aromatic heterocycles. The number of hydrogen-bond donors (Lipinski definition) is 1. The highest BCUT2D eigenvalue weighted by Gasteiger charge is 2.38. The van der Waals surface area contributed by atoms with Gasteiger partial charge in [-0.25, -0.2) is 4.79 Å². The molecular formula is C12H20N2O5. The molecule has 0 atom stereocenters. The largest absolute Gasteiger partial charge is 0.481 e. The van der Waals surface area contributed by atoms with E-state index in [4.69, 9.17) is 5.11 Å². The van der Waals surface area contributed by atoms with Crippen LogP contribution < -0.4 is 0 Å². The summed E-state index contributed by atoms with van der Waals surface area (Å²) in [7, 11) is 2.78. The first kappa shape index (κ1) is 15.3. The molecule has 1 saturated heterocycles. The average Bonchev–Trinajstić information content (AvgIpc) is 2.38. The van der Waals surface area contributed by atoms with E-state index in [0.29, 0.717) is 25.9 Å². The molecule has 0 aromatic rings. The molecule has 0 aromatic carbocycles. The van der Waals surface area contributed by atoms with Crippen molar-refractivity contribution in [3.05, 3.63) is 0 Å². The van der Waals surface area contributed by atoms with Crippen molar-refractivity contribution in [2.75, 3.05) is 33.8 Å². The number of carbonyl (C=O) groups excluding carboxylic acids is 2. The summed E-state index contributed by atoms with van der Waals surface area (Å²) < 4.78 is 4.49. The SMILES string of the molecule is COC(=O)CN(C)C(=O)N1CCC(C)(C(=O)O)CC1. The second kappa shape index (κ2) is 5.90. The number of carboxylic acids is 1. The predicted molar refractivity (Wildman–Crippen MR) is 66.6 cm³/mol. The van der Waals surface area contributed by atoms with Crippen LogP contribution in [0.4, 0.5) is 4.79 Å². The molecule has 1 aliphatic heterocycles. The summed E-state index contributed by atoms with van der Waals surface area (Å²) in [5.74, 6) is -1.31. The van der Waals surface area contributed by atoms with Crippen LogP contribution in [0.5, 0.6) is 0 Å². The zero-order chi connectivity index (χ0) is 14.6. The van der Waals surface area contributed by atoms with Gasteiger partial charge in [-0.3, -0.25) is 9.59 Å². The quantitative estimate of drug-likeness (QED) is 0.751. The predicted octanol–water partition coefficient (Wildman–Crippen LogP) is 0.398. The topological polar surface area (TPSA) is 87.2 Å². The van der Waals surface area contributed by atoms with Gasteiger partial charge >= 0.3 is 18.0 Å². The number of esters is 1. The maximum absolute atomic E-state index is 12.0. The number of nitrogens with zero attached hydrogens (tertiary/aromatic N) is 2. The van der Waals surface area contributed by atoms with Crippen molar-refractivity contribution in [2.45, 2.75) is 19.8 Å². The Morgan fingerprint density at radius 1 is 1.32 bits per heavy atom. The number of likely N-dealkylation sites (tertiary alicyclic amines) is 1. The van der Waals surface area contributed by atoms with Crippen LogP contribution in [0.15, 0.2) is 0 Å². The van der Waals surface area contributed by atoms with Gasteiger partial charge in [-0.15, -0.1) is 0 Å². The Hall–Kier alpha value is -1.79. The Morgan fingerprint density at radius 2 is 1.84 bits per heavy atom. The van der Waals surface area contributed by atoms with Crippen LogP contribution in [0.3, 0.4) is 0 Å². The van der Waals surface area contributed by atoms with Crippen LogP contribution in [0, 0.1) is 5.41 Å². The molecule has 7 heteroatoms. The Kier molecular flexibility index (Phi) is 4.74. The number of ether oxygens (including phenoxy) is 1. The van der Waals surface area contributed by atoms with Crippen LogP contribution in [-0.4, -0.2) is 66.7 Å². The zero-order valence-corrected chi connectivity index (χ0v) is 11.5. The first-order valence-electron chi connectivity index (χ1n) is 6.10. The minimum absolute atomic E-state index is 0.109. The molecule has 0 spiro atoms. The van der Waals surface area contributed by atoms with Crippen molar-refractivity contribution >= 4 is 18.0 Å². The minimum atomic E-state index is -0.831. The first-order valence-corrected chi connectivity index (χ1v) is 6.10. The van der Waals surface area contributed by atoms with Crippen molar-refractivity contribution in [3.8, 4) is 0 Å². The molecule has 7 nitrogen and oxygen atoms in total. The van der Waals surface area contributed by atoms with Crippen molar-refractivity contribution in [1.82, 2.24) is 9.80 Å². The van der Waals surface area contributed by atoms with Gasteiger partial charge in [-0.05, 0) is 19.8 Å². The maximum atomic E-state index is 12.0. The van der Waals surface area contributed by atoms with Gasteiger partial charge in [0.2, 0.25) is 0 Å². The van der Waals surface area contributed by atoms with Crippen LogP contribution in [0.1, 0.15) is 19.8 Å². The first-order chi connectivity index (χ1) is 8.80. The smallest absolute Gasteiger partial charge is 0.325 e. The molecule has 0 unspecified atom stereocenters. The molecule has 1 aliphatic rings. The summed E-state index contributed by atoms with van der Waals surface area (Å²) in [6.07, 6.45) is 0.834. The van der Waals surface area contributed by atoms with E-state index in [-0.39, 0.29) is 12.6 Å². The number of amides is 2. The van der Waals surface area contributed by atoms with Gasteiger partial charge in [0.15, 0.2) is 0 Å². The van der Waals surface area contributed by atoms with Gasteiger partial charge in [0.25, 0.3) is 0 Å². The molecular weight excluding hydrogens is 252 g/mol. The van der Waals surface area contributed by atoms with Gasteiger partial charge < -0.3 is 19.6 Å². The molecule has 1 N–H and O–H groups in total. The minimum Gasteiger partial charge on any atom is -0.481 e. The fraction of sp³-hybridized carbons (Fsp3) is 0.750. The van der Waals surface area contributed by atoms with E-state index in [0.717, 1.165) is 0 Å².